The van der Waals surface area contributed by atoms with E-state index in [-0.39, 0.29) is 17.8 Å². The summed E-state index contributed by atoms with van der Waals surface area (Å²) in [4.78, 5) is 11.7. The van der Waals surface area contributed by atoms with Crippen LogP contribution in [0.25, 0.3) is 6.08 Å². The van der Waals surface area contributed by atoms with E-state index in [1.165, 1.54) is 38.5 Å². The Morgan fingerprint density at radius 3 is 2.77 bits per heavy atom. The van der Waals surface area contributed by atoms with Crippen molar-refractivity contribution in [1.29, 1.82) is 0 Å². The summed E-state index contributed by atoms with van der Waals surface area (Å²) < 4.78 is 10.3. The summed E-state index contributed by atoms with van der Waals surface area (Å²) in [6.07, 6.45) is 8.57. The zero-order valence-electron chi connectivity index (χ0n) is 13.7. The van der Waals surface area contributed by atoms with Crippen molar-refractivity contribution in [3.05, 3.63) is 29.8 Å². The van der Waals surface area contributed by atoms with Crippen LogP contribution in [0.5, 0.6) is 11.5 Å². The van der Waals surface area contributed by atoms with Gasteiger partial charge in [0.1, 0.15) is 0 Å². The Kier molecular flexibility index (Phi) is 8.11. The van der Waals surface area contributed by atoms with Crippen molar-refractivity contribution in [1.82, 2.24) is 0 Å². The molecule has 1 atom stereocenters. The molecule has 0 aliphatic heterocycles. The zero-order valence-corrected chi connectivity index (χ0v) is 13.7. The summed E-state index contributed by atoms with van der Waals surface area (Å²) in [6, 6.07) is 4.89. The normalized spacial score (nSPS) is 12.3. The molecule has 0 aliphatic rings. The highest BCUT2D eigenvalue weighted by Gasteiger charge is 2.07. The topological polar surface area (TPSA) is 55.8 Å². The van der Waals surface area contributed by atoms with Crippen molar-refractivity contribution in [2.75, 3.05) is 7.11 Å². The van der Waals surface area contributed by atoms with Gasteiger partial charge in [-0.05, 0) is 43.5 Å². The minimum atomic E-state index is -0.352. The number of phenols is 1. The first-order valence-electron chi connectivity index (χ1n) is 7.82. The molecule has 4 heteroatoms. The molecule has 1 aromatic rings. The number of hydrogen-bond acceptors (Lipinski definition) is 4. The number of carbonyl (C=O) groups is 1. The number of hydrogen-bond donors (Lipinski definition) is 1. The van der Waals surface area contributed by atoms with Gasteiger partial charge in [0.2, 0.25) is 0 Å². The predicted molar refractivity (Wildman–Crippen MR) is 88.0 cm³/mol. The first-order valence-corrected chi connectivity index (χ1v) is 7.82. The minimum Gasteiger partial charge on any atom is -0.504 e. The standard InChI is InChI=1S/C18H26O4/c1-4-5-6-7-8-14(2)22-18(20)12-10-15-9-11-16(19)17(13-15)21-3/h9-14,19H,4-8H2,1-3H3/b12-10+. The molecular weight excluding hydrogens is 280 g/mol. The summed E-state index contributed by atoms with van der Waals surface area (Å²) in [5.41, 5.74) is 0.766. The second kappa shape index (κ2) is 9.87. The highest BCUT2D eigenvalue weighted by molar-refractivity contribution is 5.87. The molecule has 22 heavy (non-hydrogen) atoms. The number of phenolic OH excluding ortho intramolecular Hbond substituents is 1. The summed E-state index contributed by atoms with van der Waals surface area (Å²) in [6.45, 7) is 4.09. The van der Waals surface area contributed by atoms with E-state index < -0.39 is 0 Å². The minimum absolute atomic E-state index is 0.0663. The molecule has 122 valence electrons. The Bertz CT molecular complexity index is 494. The maximum Gasteiger partial charge on any atom is 0.331 e. The SMILES string of the molecule is CCCCCCC(C)OC(=O)/C=C/c1ccc(O)c(OC)c1. The van der Waals surface area contributed by atoms with Gasteiger partial charge in [0, 0.05) is 6.08 Å². The molecule has 0 fully saturated rings. The molecule has 0 bridgehead atoms. The summed E-state index contributed by atoms with van der Waals surface area (Å²) in [5, 5.41) is 9.51. The monoisotopic (exact) mass is 306 g/mol. The molecule has 0 saturated carbocycles. The third-order valence-corrected chi connectivity index (χ3v) is 3.40. The summed E-state index contributed by atoms with van der Waals surface area (Å²) >= 11 is 0. The number of methoxy groups -OCH3 is 1. The number of aromatic hydroxyl groups is 1. The lowest BCUT2D eigenvalue weighted by Gasteiger charge is -2.11. The van der Waals surface area contributed by atoms with Gasteiger partial charge in [-0.2, -0.15) is 0 Å². The van der Waals surface area contributed by atoms with Crippen molar-refractivity contribution in [2.24, 2.45) is 0 Å². The first-order chi connectivity index (χ1) is 10.6. The molecule has 0 spiro atoms. The van der Waals surface area contributed by atoms with E-state index in [9.17, 15) is 9.90 Å². The molecular formula is C18H26O4. The Morgan fingerprint density at radius 2 is 2.09 bits per heavy atom. The highest BCUT2D eigenvalue weighted by atomic mass is 16.5. The Balaban J connectivity index is 2.43. The lowest BCUT2D eigenvalue weighted by Crippen LogP contribution is -2.12. The number of benzene rings is 1. The highest BCUT2D eigenvalue weighted by Crippen LogP contribution is 2.26. The van der Waals surface area contributed by atoms with Crippen LogP contribution >= 0.6 is 0 Å². The van der Waals surface area contributed by atoms with E-state index in [2.05, 4.69) is 6.92 Å². The zero-order chi connectivity index (χ0) is 16.4. The quantitative estimate of drug-likeness (QED) is 0.419. The summed E-state index contributed by atoms with van der Waals surface area (Å²) in [7, 11) is 1.48. The van der Waals surface area contributed by atoms with Gasteiger partial charge in [0.25, 0.3) is 0 Å². The Labute approximate surface area is 132 Å². The van der Waals surface area contributed by atoms with Crippen LogP contribution in [0, 0.1) is 0 Å². The number of rotatable bonds is 9. The molecule has 1 unspecified atom stereocenters. The number of carbonyl (C=O) groups excluding carboxylic acids is 1. The van der Waals surface area contributed by atoms with Gasteiger partial charge in [-0.15, -0.1) is 0 Å². The molecule has 1 N–H and O–H groups in total. The van der Waals surface area contributed by atoms with Gasteiger partial charge < -0.3 is 14.6 Å². The third kappa shape index (κ3) is 6.66. The van der Waals surface area contributed by atoms with Crippen molar-refractivity contribution in [3.8, 4) is 11.5 Å². The van der Waals surface area contributed by atoms with Crippen molar-refractivity contribution in [2.45, 2.75) is 52.1 Å². The van der Waals surface area contributed by atoms with E-state index in [0.29, 0.717) is 5.75 Å². The van der Waals surface area contributed by atoms with Gasteiger partial charge >= 0.3 is 5.97 Å². The van der Waals surface area contributed by atoms with E-state index >= 15 is 0 Å². The molecule has 0 aliphatic carbocycles. The molecule has 0 radical (unpaired) electrons. The fourth-order valence-electron chi connectivity index (χ4n) is 2.12. The number of ether oxygens (including phenoxy) is 2. The maximum atomic E-state index is 11.7. The lowest BCUT2D eigenvalue weighted by atomic mass is 10.1. The van der Waals surface area contributed by atoms with Crippen LogP contribution in [0.3, 0.4) is 0 Å². The maximum absolute atomic E-state index is 11.7. The average molecular weight is 306 g/mol. The van der Waals surface area contributed by atoms with Crippen molar-refractivity contribution < 1.29 is 19.4 Å². The summed E-state index contributed by atoms with van der Waals surface area (Å²) in [5.74, 6) is 0.0952. The molecule has 1 aromatic carbocycles. The van der Waals surface area contributed by atoms with Gasteiger partial charge in [0.15, 0.2) is 11.5 Å². The van der Waals surface area contributed by atoms with Crippen molar-refractivity contribution >= 4 is 12.0 Å². The van der Waals surface area contributed by atoms with Crippen LogP contribution in [-0.2, 0) is 9.53 Å². The van der Waals surface area contributed by atoms with Gasteiger partial charge in [-0.25, -0.2) is 4.79 Å². The largest absolute Gasteiger partial charge is 0.504 e. The Morgan fingerprint density at radius 1 is 1.32 bits per heavy atom. The van der Waals surface area contributed by atoms with E-state index in [0.717, 1.165) is 18.4 Å². The Hall–Kier alpha value is -1.97. The third-order valence-electron chi connectivity index (χ3n) is 3.40. The molecule has 0 saturated heterocycles. The smallest absolute Gasteiger partial charge is 0.331 e. The van der Waals surface area contributed by atoms with Crippen molar-refractivity contribution in [3.63, 3.8) is 0 Å². The second-order valence-electron chi connectivity index (χ2n) is 5.36. The molecule has 0 heterocycles. The van der Waals surface area contributed by atoms with Crippen LogP contribution in [0.4, 0.5) is 0 Å². The number of unbranched alkanes of at least 4 members (excludes halogenated alkanes) is 3. The van der Waals surface area contributed by atoms with Gasteiger partial charge in [0.05, 0.1) is 13.2 Å². The number of esters is 1. The van der Waals surface area contributed by atoms with Crippen LogP contribution in [0.15, 0.2) is 24.3 Å². The first kappa shape index (κ1) is 18.1. The molecule has 1 rings (SSSR count). The van der Waals surface area contributed by atoms with Crippen LogP contribution in [0.1, 0.15) is 51.5 Å². The molecule has 0 aromatic heterocycles. The van der Waals surface area contributed by atoms with Gasteiger partial charge in [-0.3, -0.25) is 0 Å². The van der Waals surface area contributed by atoms with Crippen LogP contribution < -0.4 is 4.74 Å². The molecule has 0 amide bonds. The van der Waals surface area contributed by atoms with E-state index in [1.807, 2.05) is 6.92 Å². The van der Waals surface area contributed by atoms with Gasteiger partial charge in [-0.1, -0.05) is 32.3 Å². The van der Waals surface area contributed by atoms with Crippen LogP contribution in [-0.4, -0.2) is 24.3 Å². The second-order valence-corrected chi connectivity index (χ2v) is 5.36. The fourth-order valence-corrected chi connectivity index (χ4v) is 2.12. The van der Waals surface area contributed by atoms with Crippen LogP contribution in [0.2, 0.25) is 0 Å². The predicted octanol–water partition coefficient (Wildman–Crippen LogP) is 4.32. The molecule has 4 nitrogen and oxygen atoms in total. The lowest BCUT2D eigenvalue weighted by molar-refractivity contribution is -0.142. The van der Waals surface area contributed by atoms with E-state index in [1.54, 1.807) is 18.2 Å². The fraction of sp³-hybridized carbons (Fsp3) is 0.500. The van der Waals surface area contributed by atoms with E-state index in [4.69, 9.17) is 9.47 Å². The average Bonchev–Trinajstić information content (AvgIpc) is 2.50.